The van der Waals surface area contributed by atoms with Gasteiger partial charge in [0, 0.05) is 12.1 Å². The largest absolute Gasteiger partial charge is 0.312 e. The Morgan fingerprint density at radius 1 is 1.00 bits per heavy atom. The molecule has 0 amide bonds. The highest BCUT2D eigenvalue weighted by Crippen LogP contribution is 2.27. The lowest BCUT2D eigenvalue weighted by Gasteiger charge is -2.28. The fourth-order valence-corrected chi connectivity index (χ4v) is 2.63. The minimum Gasteiger partial charge on any atom is -0.312 e. The minimum absolute atomic E-state index is 0.656. The minimum atomic E-state index is 0.656. The first kappa shape index (κ1) is 13.0. The molecule has 1 saturated carbocycles. The van der Waals surface area contributed by atoms with Crippen LogP contribution in [-0.2, 0) is 0 Å². The van der Waals surface area contributed by atoms with Crippen LogP contribution >= 0.6 is 0 Å². The summed E-state index contributed by atoms with van der Waals surface area (Å²) in [4.78, 5) is 0. The van der Waals surface area contributed by atoms with Gasteiger partial charge in [0.2, 0.25) is 0 Å². The van der Waals surface area contributed by atoms with Crippen LogP contribution in [0, 0.1) is 11.8 Å². The van der Waals surface area contributed by atoms with Crippen LogP contribution in [0.2, 0.25) is 0 Å². The van der Waals surface area contributed by atoms with Gasteiger partial charge in [-0.05, 0) is 32.1 Å². The molecule has 0 bridgehead atoms. The van der Waals surface area contributed by atoms with Crippen molar-refractivity contribution in [3.63, 3.8) is 0 Å². The Bertz CT molecular complexity index is 159. The Labute approximate surface area is 96.0 Å². The molecule has 0 spiro atoms. The van der Waals surface area contributed by atoms with E-state index in [2.05, 4.69) is 33.0 Å². The fraction of sp³-hybridized carbons (Fsp3) is 1.00. The molecule has 1 N–H and O–H groups in total. The molecule has 0 saturated heterocycles. The van der Waals surface area contributed by atoms with Gasteiger partial charge in [-0.25, -0.2) is 0 Å². The second-order valence-electron chi connectivity index (χ2n) is 5.84. The first-order valence-corrected chi connectivity index (χ1v) is 6.85. The van der Waals surface area contributed by atoms with Gasteiger partial charge in [-0.1, -0.05) is 46.0 Å². The van der Waals surface area contributed by atoms with Crippen LogP contribution in [0.3, 0.4) is 0 Å². The molecule has 0 heterocycles. The van der Waals surface area contributed by atoms with Gasteiger partial charge in [0.1, 0.15) is 0 Å². The van der Waals surface area contributed by atoms with Crippen LogP contribution in [0.4, 0.5) is 0 Å². The van der Waals surface area contributed by atoms with Crippen molar-refractivity contribution in [1.82, 2.24) is 5.32 Å². The molecule has 2 unspecified atom stereocenters. The highest BCUT2D eigenvalue weighted by Gasteiger charge is 2.18. The van der Waals surface area contributed by atoms with Gasteiger partial charge < -0.3 is 5.32 Å². The molecule has 1 nitrogen and oxygen atoms in total. The average Bonchev–Trinajstić information content (AvgIpc) is 2.18. The van der Waals surface area contributed by atoms with Gasteiger partial charge >= 0.3 is 0 Å². The Balaban J connectivity index is 2.19. The summed E-state index contributed by atoms with van der Waals surface area (Å²) in [6.07, 6.45) is 8.75. The molecule has 1 aliphatic rings. The Morgan fingerprint density at radius 2 is 1.60 bits per heavy atom. The lowest BCUT2D eigenvalue weighted by atomic mass is 9.85. The molecule has 15 heavy (non-hydrogen) atoms. The topological polar surface area (TPSA) is 12.0 Å². The third-order valence-electron chi connectivity index (χ3n) is 3.96. The van der Waals surface area contributed by atoms with Gasteiger partial charge in [0.05, 0.1) is 0 Å². The van der Waals surface area contributed by atoms with Crippen molar-refractivity contribution in [3.05, 3.63) is 0 Å². The van der Waals surface area contributed by atoms with Crippen molar-refractivity contribution in [2.24, 2.45) is 11.8 Å². The molecule has 0 aromatic heterocycles. The molecule has 1 rings (SSSR count). The van der Waals surface area contributed by atoms with Crippen LogP contribution in [0.25, 0.3) is 0 Å². The number of nitrogens with one attached hydrogen (secondary N) is 1. The number of hydrogen-bond donors (Lipinski definition) is 1. The van der Waals surface area contributed by atoms with E-state index >= 15 is 0 Å². The monoisotopic (exact) mass is 211 g/mol. The Morgan fingerprint density at radius 3 is 2.13 bits per heavy atom. The van der Waals surface area contributed by atoms with Crippen LogP contribution < -0.4 is 5.32 Å². The lowest BCUT2D eigenvalue weighted by Crippen LogP contribution is -2.38. The third kappa shape index (κ3) is 5.01. The maximum absolute atomic E-state index is 3.73. The predicted molar refractivity (Wildman–Crippen MR) is 68.1 cm³/mol. The second kappa shape index (κ2) is 6.52. The van der Waals surface area contributed by atoms with Crippen LogP contribution in [-0.4, -0.2) is 12.1 Å². The standard InChI is InChI=1S/C14H29N/c1-11(2)13(4)15-12(3)10-14-8-6-5-7-9-14/h11-15H,5-10H2,1-4H3. The molecule has 1 fully saturated rings. The van der Waals surface area contributed by atoms with E-state index in [4.69, 9.17) is 0 Å². The highest BCUT2D eigenvalue weighted by atomic mass is 14.9. The van der Waals surface area contributed by atoms with Crippen molar-refractivity contribution >= 4 is 0 Å². The average molecular weight is 211 g/mol. The van der Waals surface area contributed by atoms with Crippen molar-refractivity contribution in [1.29, 1.82) is 0 Å². The van der Waals surface area contributed by atoms with Gasteiger partial charge in [0.25, 0.3) is 0 Å². The van der Waals surface area contributed by atoms with Gasteiger partial charge in [-0.2, -0.15) is 0 Å². The summed E-state index contributed by atoms with van der Waals surface area (Å²) in [6, 6.07) is 1.36. The van der Waals surface area contributed by atoms with Gasteiger partial charge in [-0.15, -0.1) is 0 Å². The number of rotatable bonds is 5. The van der Waals surface area contributed by atoms with E-state index < -0.39 is 0 Å². The number of hydrogen-bond acceptors (Lipinski definition) is 1. The summed E-state index contributed by atoms with van der Waals surface area (Å²) in [5.74, 6) is 1.75. The van der Waals surface area contributed by atoms with Gasteiger partial charge in [-0.3, -0.25) is 0 Å². The predicted octanol–water partition coefficient (Wildman–Crippen LogP) is 3.98. The molecule has 90 valence electrons. The van der Waals surface area contributed by atoms with Crippen LogP contribution in [0.5, 0.6) is 0 Å². The molecule has 0 aromatic carbocycles. The second-order valence-corrected chi connectivity index (χ2v) is 5.84. The quantitative estimate of drug-likeness (QED) is 0.725. The summed E-state index contributed by atoms with van der Waals surface area (Å²) in [5.41, 5.74) is 0. The third-order valence-corrected chi connectivity index (χ3v) is 3.96. The zero-order valence-corrected chi connectivity index (χ0v) is 11.1. The maximum Gasteiger partial charge on any atom is 0.00642 e. The van der Waals surface area contributed by atoms with E-state index in [1.165, 1.54) is 38.5 Å². The van der Waals surface area contributed by atoms with E-state index in [0.29, 0.717) is 12.1 Å². The summed E-state index contributed by atoms with van der Waals surface area (Å²) in [6.45, 7) is 9.26. The normalized spacial score (nSPS) is 23.0. The molecule has 0 aliphatic heterocycles. The lowest BCUT2D eigenvalue weighted by molar-refractivity contribution is 0.283. The molecular weight excluding hydrogens is 182 g/mol. The Hall–Kier alpha value is -0.0400. The van der Waals surface area contributed by atoms with Crippen molar-refractivity contribution in [2.45, 2.75) is 78.3 Å². The smallest absolute Gasteiger partial charge is 0.00642 e. The summed E-state index contributed by atoms with van der Waals surface area (Å²) >= 11 is 0. The summed E-state index contributed by atoms with van der Waals surface area (Å²) in [7, 11) is 0. The summed E-state index contributed by atoms with van der Waals surface area (Å²) in [5, 5.41) is 3.73. The van der Waals surface area contributed by atoms with Crippen LogP contribution in [0.15, 0.2) is 0 Å². The van der Waals surface area contributed by atoms with Crippen molar-refractivity contribution in [2.75, 3.05) is 0 Å². The molecule has 0 radical (unpaired) electrons. The molecular formula is C14H29N. The van der Waals surface area contributed by atoms with Crippen molar-refractivity contribution < 1.29 is 0 Å². The molecule has 2 atom stereocenters. The van der Waals surface area contributed by atoms with E-state index in [1.54, 1.807) is 0 Å². The molecule has 1 aliphatic carbocycles. The summed E-state index contributed by atoms with van der Waals surface area (Å²) < 4.78 is 0. The Kier molecular flexibility index (Phi) is 5.66. The SMILES string of the molecule is CC(CC1CCCCC1)NC(C)C(C)C. The molecule has 1 heteroatoms. The van der Waals surface area contributed by atoms with Crippen molar-refractivity contribution in [3.8, 4) is 0 Å². The maximum atomic E-state index is 3.73. The fourth-order valence-electron chi connectivity index (χ4n) is 2.63. The van der Waals surface area contributed by atoms with E-state index in [1.807, 2.05) is 0 Å². The molecule has 0 aromatic rings. The van der Waals surface area contributed by atoms with E-state index in [0.717, 1.165) is 11.8 Å². The van der Waals surface area contributed by atoms with Gasteiger partial charge in [0.15, 0.2) is 0 Å². The zero-order chi connectivity index (χ0) is 11.3. The first-order valence-electron chi connectivity index (χ1n) is 6.85. The first-order chi connectivity index (χ1) is 7.09. The highest BCUT2D eigenvalue weighted by molar-refractivity contribution is 4.75. The van der Waals surface area contributed by atoms with Crippen LogP contribution in [0.1, 0.15) is 66.2 Å². The zero-order valence-electron chi connectivity index (χ0n) is 11.1. The van der Waals surface area contributed by atoms with E-state index in [-0.39, 0.29) is 0 Å². The van der Waals surface area contributed by atoms with E-state index in [9.17, 15) is 0 Å².